The van der Waals surface area contributed by atoms with Crippen molar-refractivity contribution in [3.05, 3.63) is 71.3 Å². The quantitative estimate of drug-likeness (QED) is 0.628. The van der Waals surface area contributed by atoms with Gasteiger partial charge in [-0.2, -0.15) is 18.3 Å². The average Bonchev–Trinajstić information content (AvgIpc) is 2.55. The van der Waals surface area contributed by atoms with Crippen molar-refractivity contribution in [2.45, 2.75) is 11.9 Å². The Kier molecular flexibility index (Phi) is 6.43. The van der Waals surface area contributed by atoms with Crippen LogP contribution in [0.3, 0.4) is 0 Å². The second-order valence-electron chi connectivity index (χ2n) is 4.89. The molecule has 1 N–H and O–H groups in total. The fourth-order valence-corrected chi connectivity index (χ4v) is 2.62. The third-order valence-corrected chi connectivity index (χ3v) is 3.97. The van der Waals surface area contributed by atoms with E-state index in [9.17, 15) is 18.0 Å². The van der Waals surface area contributed by atoms with Crippen LogP contribution in [0, 0.1) is 0 Å². The molecule has 0 heterocycles. The van der Waals surface area contributed by atoms with Gasteiger partial charge in [-0.1, -0.05) is 42.5 Å². The van der Waals surface area contributed by atoms with Gasteiger partial charge in [0.2, 0.25) is 5.91 Å². The monoisotopic (exact) mass is 352 g/mol. The van der Waals surface area contributed by atoms with E-state index in [4.69, 9.17) is 0 Å². The summed E-state index contributed by atoms with van der Waals surface area (Å²) >= 11 is 1.43. The Morgan fingerprint density at radius 1 is 1.12 bits per heavy atom. The zero-order chi connectivity index (χ0) is 17.4. The summed E-state index contributed by atoms with van der Waals surface area (Å²) < 4.78 is 37.7. The first-order valence-electron chi connectivity index (χ1n) is 7.06. The van der Waals surface area contributed by atoms with Gasteiger partial charge in [0.1, 0.15) is 0 Å². The summed E-state index contributed by atoms with van der Waals surface area (Å²) in [7, 11) is 0. The summed E-state index contributed by atoms with van der Waals surface area (Å²) in [4.78, 5) is 11.6. The number of halogens is 3. The summed E-state index contributed by atoms with van der Waals surface area (Å²) in [5.41, 5.74) is 2.93. The van der Waals surface area contributed by atoms with Gasteiger partial charge in [-0.25, -0.2) is 5.43 Å². The van der Waals surface area contributed by atoms with Crippen LogP contribution in [-0.2, 0) is 16.7 Å². The van der Waals surface area contributed by atoms with Crippen molar-refractivity contribution in [1.29, 1.82) is 0 Å². The molecule has 0 aliphatic heterocycles. The second-order valence-corrected chi connectivity index (χ2v) is 5.88. The molecule has 0 spiro atoms. The number of carbonyl (C=O) groups is 1. The molecule has 7 heteroatoms. The third-order valence-electron chi connectivity index (χ3n) is 2.96. The molecule has 0 atom stereocenters. The van der Waals surface area contributed by atoms with Crippen LogP contribution in [0.2, 0.25) is 0 Å². The fraction of sp³-hybridized carbons (Fsp3) is 0.176. The van der Waals surface area contributed by atoms with E-state index in [1.54, 1.807) is 0 Å². The topological polar surface area (TPSA) is 41.5 Å². The number of nitrogens with one attached hydrogen (secondary N) is 1. The van der Waals surface area contributed by atoms with E-state index in [2.05, 4.69) is 10.5 Å². The first-order chi connectivity index (χ1) is 11.4. The Morgan fingerprint density at radius 2 is 1.88 bits per heavy atom. The predicted molar refractivity (Wildman–Crippen MR) is 89.8 cm³/mol. The lowest BCUT2D eigenvalue weighted by atomic mass is 10.1. The summed E-state index contributed by atoms with van der Waals surface area (Å²) in [5, 5.41) is 3.69. The van der Waals surface area contributed by atoms with E-state index in [1.807, 2.05) is 30.3 Å². The number of alkyl halides is 3. The molecule has 1 amide bonds. The first kappa shape index (κ1) is 18.1. The molecule has 126 valence electrons. The minimum Gasteiger partial charge on any atom is -0.272 e. The minimum atomic E-state index is -4.40. The van der Waals surface area contributed by atoms with E-state index in [0.29, 0.717) is 5.75 Å². The minimum absolute atomic E-state index is 0.217. The number of thioether (sulfide) groups is 1. The van der Waals surface area contributed by atoms with E-state index >= 15 is 0 Å². The van der Waals surface area contributed by atoms with Gasteiger partial charge < -0.3 is 0 Å². The standard InChI is InChI=1S/C17H15F3N2OS/c18-17(19,20)15-8-4-7-14(9-15)10-21-22-16(23)12-24-11-13-5-2-1-3-6-13/h1-10H,11-12H2,(H,22,23). The van der Waals surface area contributed by atoms with Crippen LogP contribution in [0.5, 0.6) is 0 Å². The smallest absolute Gasteiger partial charge is 0.272 e. The zero-order valence-electron chi connectivity index (χ0n) is 12.6. The van der Waals surface area contributed by atoms with Gasteiger partial charge >= 0.3 is 6.18 Å². The normalized spacial score (nSPS) is 11.6. The van der Waals surface area contributed by atoms with E-state index in [1.165, 1.54) is 30.1 Å². The Morgan fingerprint density at radius 3 is 2.58 bits per heavy atom. The number of nitrogens with zero attached hydrogens (tertiary/aromatic N) is 1. The highest BCUT2D eigenvalue weighted by Crippen LogP contribution is 2.29. The van der Waals surface area contributed by atoms with Gasteiger partial charge in [-0.05, 0) is 23.3 Å². The number of hydrazone groups is 1. The van der Waals surface area contributed by atoms with Crippen molar-refractivity contribution in [2.75, 3.05) is 5.75 Å². The summed E-state index contributed by atoms with van der Waals surface area (Å²) in [6.45, 7) is 0. The first-order valence-corrected chi connectivity index (χ1v) is 8.21. The predicted octanol–water partition coefficient (Wildman–Crippen LogP) is 4.09. The molecular weight excluding hydrogens is 337 g/mol. The molecular formula is C17H15F3N2OS. The summed E-state index contributed by atoms with van der Waals surface area (Å²) in [6, 6.07) is 14.4. The Labute approximate surface area is 142 Å². The maximum absolute atomic E-state index is 12.6. The SMILES string of the molecule is O=C(CSCc1ccccc1)NN=Cc1cccc(C(F)(F)F)c1. The van der Waals surface area contributed by atoms with E-state index in [-0.39, 0.29) is 17.2 Å². The van der Waals surface area contributed by atoms with Crippen molar-refractivity contribution in [3.8, 4) is 0 Å². The third kappa shape index (κ3) is 6.08. The number of carbonyl (C=O) groups excluding carboxylic acids is 1. The molecule has 2 aromatic rings. The molecule has 0 saturated heterocycles. The molecule has 0 saturated carbocycles. The Balaban J connectivity index is 1.78. The lowest BCUT2D eigenvalue weighted by Crippen LogP contribution is -2.19. The zero-order valence-corrected chi connectivity index (χ0v) is 13.4. The van der Waals surface area contributed by atoms with Crippen molar-refractivity contribution in [3.63, 3.8) is 0 Å². The highest BCUT2D eigenvalue weighted by molar-refractivity contribution is 7.99. The molecule has 0 unspecified atom stereocenters. The van der Waals surface area contributed by atoms with Gasteiger partial charge in [0.15, 0.2) is 0 Å². The molecule has 2 aromatic carbocycles. The summed E-state index contributed by atoms with van der Waals surface area (Å²) in [5.74, 6) is 0.611. The van der Waals surface area contributed by atoms with Crippen LogP contribution in [0.25, 0.3) is 0 Å². The number of rotatable bonds is 6. The van der Waals surface area contributed by atoms with Gasteiger partial charge in [0, 0.05) is 5.75 Å². The summed E-state index contributed by atoms with van der Waals surface area (Å²) in [6.07, 6.45) is -3.21. The van der Waals surface area contributed by atoms with E-state index < -0.39 is 11.7 Å². The number of hydrogen-bond donors (Lipinski definition) is 1. The Hall–Kier alpha value is -2.28. The lowest BCUT2D eigenvalue weighted by molar-refractivity contribution is -0.137. The molecule has 24 heavy (non-hydrogen) atoms. The van der Waals surface area contributed by atoms with Crippen LogP contribution in [0.4, 0.5) is 13.2 Å². The Bertz CT molecular complexity index is 702. The number of amides is 1. The van der Waals surface area contributed by atoms with Crippen molar-refractivity contribution in [1.82, 2.24) is 5.43 Å². The van der Waals surface area contributed by atoms with Crippen molar-refractivity contribution >= 4 is 23.9 Å². The van der Waals surface area contributed by atoms with Crippen LogP contribution in [0.15, 0.2) is 59.7 Å². The van der Waals surface area contributed by atoms with Gasteiger partial charge in [0.05, 0.1) is 17.5 Å². The molecule has 2 rings (SSSR count). The van der Waals surface area contributed by atoms with Gasteiger partial charge in [-0.15, -0.1) is 11.8 Å². The largest absolute Gasteiger partial charge is 0.416 e. The van der Waals surface area contributed by atoms with Gasteiger partial charge in [-0.3, -0.25) is 4.79 Å². The maximum atomic E-state index is 12.6. The number of hydrogen-bond acceptors (Lipinski definition) is 3. The molecule has 0 fully saturated rings. The van der Waals surface area contributed by atoms with Crippen molar-refractivity contribution in [2.24, 2.45) is 5.10 Å². The molecule has 3 nitrogen and oxygen atoms in total. The fourth-order valence-electron chi connectivity index (χ4n) is 1.84. The average molecular weight is 352 g/mol. The highest BCUT2D eigenvalue weighted by Gasteiger charge is 2.30. The second kappa shape index (κ2) is 8.54. The molecule has 0 aliphatic rings. The molecule has 0 bridgehead atoms. The van der Waals surface area contributed by atoms with Crippen LogP contribution < -0.4 is 5.43 Å². The number of benzene rings is 2. The molecule has 0 aromatic heterocycles. The van der Waals surface area contributed by atoms with Crippen molar-refractivity contribution < 1.29 is 18.0 Å². The van der Waals surface area contributed by atoms with Crippen LogP contribution >= 0.6 is 11.8 Å². The molecule has 0 aliphatic carbocycles. The maximum Gasteiger partial charge on any atom is 0.416 e. The molecule has 0 radical (unpaired) electrons. The van der Waals surface area contributed by atoms with E-state index in [0.717, 1.165) is 17.7 Å². The van der Waals surface area contributed by atoms with Gasteiger partial charge in [0.25, 0.3) is 0 Å². The highest BCUT2D eigenvalue weighted by atomic mass is 32.2. The van der Waals surface area contributed by atoms with Crippen LogP contribution in [0.1, 0.15) is 16.7 Å². The van der Waals surface area contributed by atoms with Crippen LogP contribution in [-0.4, -0.2) is 17.9 Å². The lowest BCUT2D eigenvalue weighted by Gasteiger charge is -2.06.